The maximum atomic E-state index is 12.2. The maximum Gasteiger partial charge on any atom is 0.339 e. The fourth-order valence-corrected chi connectivity index (χ4v) is 3.11. The lowest BCUT2D eigenvalue weighted by molar-refractivity contribution is -0.387. The van der Waals surface area contributed by atoms with E-state index in [1.54, 1.807) is 30.3 Å². The number of anilines is 1. The normalized spacial score (nSPS) is 11.8. The number of nitro groups is 1. The second kappa shape index (κ2) is 9.13. The summed E-state index contributed by atoms with van der Waals surface area (Å²) in [6.45, 7) is 1.20. The summed E-state index contributed by atoms with van der Waals surface area (Å²) in [5.74, 6) is -2.04. The van der Waals surface area contributed by atoms with Gasteiger partial charge in [-0.05, 0) is 31.2 Å². The highest BCUT2D eigenvalue weighted by Gasteiger charge is 2.26. The number of benzene rings is 2. The first kappa shape index (κ1) is 22.5. The van der Waals surface area contributed by atoms with Crippen molar-refractivity contribution in [3.05, 3.63) is 64.2 Å². The molecule has 0 heterocycles. The monoisotopic (exact) mass is 435 g/mol. The molecule has 0 saturated heterocycles. The number of nitrogens with zero attached hydrogens (tertiary/aromatic N) is 1. The molecule has 0 bridgehead atoms. The molecule has 2 aromatic rings. The zero-order chi connectivity index (χ0) is 22.5. The van der Waals surface area contributed by atoms with Gasteiger partial charge < -0.3 is 10.1 Å². The van der Waals surface area contributed by atoms with Gasteiger partial charge in [-0.2, -0.15) is 0 Å². The van der Waals surface area contributed by atoms with E-state index < -0.39 is 49.4 Å². The molecule has 2 N–H and O–H groups in total. The Kier molecular flexibility index (Phi) is 6.85. The van der Waals surface area contributed by atoms with E-state index in [0.29, 0.717) is 5.69 Å². The quantitative estimate of drug-likeness (QED) is 0.395. The van der Waals surface area contributed by atoms with Crippen molar-refractivity contribution in [3.8, 4) is 0 Å². The lowest BCUT2D eigenvalue weighted by Gasteiger charge is -2.13. The first-order valence-electron chi connectivity index (χ1n) is 8.35. The van der Waals surface area contributed by atoms with Crippen LogP contribution in [0.2, 0.25) is 0 Å². The summed E-state index contributed by atoms with van der Waals surface area (Å²) in [6, 6.07) is 10.1. The van der Waals surface area contributed by atoms with Gasteiger partial charge in [-0.25, -0.2) is 18.0 Å². The number of nitro benzene ring substituents is 1. The van der Waals surface area contributed by atoms with Crippen LogP contribution in [0.3, 0.4) is 0 Å². The Bertz CT molecular complexity index is 1100. The van der Waals surface area contributed by atoms with Gasteiger partial charge in [-0.15, -0.1) is 0 Å². The van der Waals surface area contributed by atoms with Crippen LogP contribution < -0.4 is 10.6 Å². The van der Waals surface area contributed by atoms with Gasteiger partial charge in [0, 0.05) is 18.0 Å². The Labute approximate surface area is 171 Å². The maximum absolute atomic E-state index is 12.2. The Morgan fingerprint density at radius 1 is 1.10 bits per heavy atom. The topological polar surface area (TPSA) is 162 Å². The van der Waals surface area contributed by atoms with E-state index in [0.717, 1.165) is 24.5 Å². The number of amides is 3. The average Bonchev–Trinajstić information content (AvgIpc) is 2.67. The number of hydrogen-bond acceptors (Lipinski definition) is 8. The van der Waals surface area contributed by atoms with Gasteiger partial charge >= 0.3 is 12.0 Å². The number of carbonyl (C=O) groups excluding carboxylic acids is 3. The lowest BCUT2D eigenvalue weighted by atomic mass is 10.2. The number of hydrogen-bond donors (Lipinski definition) is 2. The smallest absolute Gasteiger partial charge is 0.339 e. The molecule has 30 heavy (non-hydrogen) atoms. The zero-order valence-electron chi connectivity index (χ0n) is 15.8. The number of para-hydroxylation sites is 1. The third-order valence-corrected chi connectivity index (χ3v) is 4.86. The van der Waals surface area contributed by atoms with Crippen LogP contribution in [0.15, 0.2) is 53.4 Å². The molecule has 2 aromatic carbocycles. The number of ether oxygens (including phenoxy) is 1. The molecule has 0 aromatic heterocycles. The highest BCUT2D eigenvalue weighted by molar-refractivity contribution is 7.90. The van der Waals surface area contributed by atoms with Crippen LogP contribution in [0.5, 0.6) is 0 Å². The van der Waals surface area contributed by atoms with Gasteiger partial charge in [0.05, 0.1) is 10.5 Å². The largest absolute Gasteiger partial charge is 0.449 e. The van der Waals surface area contributed by atoms with E-state index in [1.807, 2.05) is 5.32 Å². The summed E-state index contributed by atoms with van der Waals surface area (Å²) < 4.78 is 28.2. The Hall–Kier alpha value is -3.80. The first-order valence-corrected chi connectivity index (χ1v) is 10.2. The summed E-state index contributed by atoms with van der Waals surface area (Å²) in [5, 5.41) is 15.5. The molecule has 2 rings (SSSR count). The Morgan fingerprint density at radius 3 is 2.30 bits per heavy atom. The molecule has 12 heteroatoms. The molecule has 158 valence electrons. The van der Waals surface area contributed by atoms with Crippen molar-refractivity contribution in [2.75, 3.05) is 11.6 Å². The van der Waals surface area contributed by atoms with Crippen LogP contribution in [-0.4, -0.2) is 43.6 Å². The molecule has 0 radical (unpaired) electrons. The highest BCUT2D eigenvalue weighted by Crippen LogP contribution is 2.25. The van der Waals surface area contributed by atoms with Crippen LogP contribution in [0, 0.1) is 10.1 Å². The van der Waals surface area contributed by atoms with Gasteiger partial charge in [0.1, 0.15) is 4.90 Å². The van der Waals surface area contributed by atoms with Crippen LogP contribution in [0.4, 0.5) is 16.2 Å². The van der Waals surface area contributed by atoms with Gasteiger partial charge in [0.2, 0.25) is 0 Å². The molecule has 3 amide bonds. The van der Waals surface area contributed by atoms with E-state index in [9.17, 15) is 32.9 Å². The molecule has 0 saturated carbocycles. The molecule has 0 aliphatic carbocycles. The minimum atomic E-state index is -3.90. The summed E-state index contributed by atoms with van der Waals surface area (Å²) in [4.78, 5) is 45.7. The predicted octanol–water partition coefficient (Wildman–Crippen LogP) is 1.89. The van der Waals surface area contributed by atoms with Crippen molar-refractivity contribution in [1.29, 1.82) is 0 Å². The number of nitrogens with one attached hydrogen (secondary N) is 2. The van der Waals surface area contributed by atoms with Gasteiger partial charge in [0.15, 0.2) is 15.9 Å². The van der Waals surface area contributed by atoms with Crippen LogP contribution >= 0.6 is 0 Å². The van der Waals surface area contributed by atoms with Gasteiger partial charge in [0.25, 0.3) is 11.6 Å². The zero-order valence-corrected chi connectivity index (χ0v) is 16.6. The van der Waals surface area contributed by atoms with Crippen molar-refractivity contribution >= 4 is 39.1 Å². The summed E-state index contributed by atoms with van der Waals surface area (Å²) in [7, 11) is -3.90. The Morgan fingerprint density at radius 2 is 1.73 bits per heavy atom. The second-order valence-corrected chi connectivity index (χ2v) is 8.05. The molecule has 1 unspecified atom stereocenters. The van der Waals surface area contributed by atoms with E-state index in [-0.39, 0.29) is 5.56 Å². The number of rotatable bonds is 6. The van der Waals surface area contributed by atoms with Crippen molar-refractivity contribution in [1.82, 2.24) is 5.32 Å². The summed E-state index contributed by atoms with van der Waals surface area (Å²) in [6.07, 6.45) is -0.618. The third kappa shape index (κ3) is 5.85. The molecular formula is C18H17N3O8S. The predicted molar refractivity (Wildman–Crippen MR) is 105 cm³/mol. The van der Waals surface area contributed by atoms with Crippen molar-refractivity contribution in [2.24, 2.45) is 0 Å². The van der Waals surface area contributed by atoms with Gasteiger partial charge in [-0.1, -0.05) is 18.2 Å². The van der Waals surface area contributed by atoms with E-state index in [2.05, 4.69) is 5.32 Å². The summed E-state index contributed by atoms with van der Waals surface area (Å²) in [5.41, 5.74) is -0.695. The van der Waals surface area contributed by atoms with E-state index >= 15 is 0 Å². The number of imide groups is 1. The van der Waals surface area contributed by atoms with Crippen molar-refractivity contribution < 1.29 is 32.5 Å². The third-order valence-electron chi connectivity index (χ3n) is 3.71. The summed E-state index contributed by atoms with van der Waals surface area (Å²) >= 11 is 0. The van der Waals surface area contributed by atoms with Crippen LogP contribution in [0.1, 0.15) is 17.3 Å². The number of esters is 1. The molecule has 0 aliphatic rings. The molecular weight excluding hydrogens is 418 g/mol. The SMILES string of the molecule is CC(OC(=O)c1ccc(S(C)(=O)=O)c([N+](=O)[O-])c1)C(=O)NC(=O)Nc1ccccc1. The highest BCUT2D eigenvalue weighted by atomic mass is 32.2. The molecule has 11 nitrogen and oxygen atoms in total. The van der Waals surface area contributed by atoms with E-state index in [1.165, 1.54) is 6.92 Å². The van der Waals surface area contributed by atoms with E-state index in [4.69, 9.17) is 4.74 Å². The number of urea groups is 1. The van der Waals surface area contributed by atoms with Crippen molar-refractivity contribution in [3.63, 3.8) is 0 Å². The molecule has 0 aliphatic heterocycles. The fraction of sp³-hybridized carbons (Fsp3) is 0.167. The first-order chi connectivity index (χ1) is 14.0. The molecule has 1 atom stereocenters. The van der Waals surface area contributed by atoms with Crippen LogP contribution in [-0.2, 0) is 19.4 Å². The average molecular weight is 435 g/mol. The fourth-order valence-electron chi connectivity index (χ4n) is 2.28. The number of sulfone groups is 1. The number of carbonyl (C=O) groups is 3. The standard InChI is InChI=1S/C18H17N3O8S/c1-11(16(22)20-18(24)19-13-6-4-3-5-7-13)29-17(23)12-8-9-15(30(2,27)28)14(10-12)21(25)26/h3-11H,1-2H3,(H2,19,20,22,24). The van der Waals surface area contributed by atoms with Gasteiger partial charge in [-0.3, -0.25) is 20.2 Å². The lowest BCUT2D eigenvalue weighted by Crippen LogP contribution is -2.41. The second-order valence-electron chi connectivity index (χ2n) is 6.07. The minimum absolute atomic E-state index is 0.331. The Balaban J connectivity index is 2.06. The minimum Gasteiger partial charge on any atom is -0.449 e. The molecule has 0 fully saturated rings. The van der Waals surface area contributed by atoms with Crippen molar-refractivity contribution in [2.45, 2.75) is 17.9 Å². The van der Waals surface area contributed by atoms with Crippen LogP contribution in [0.25, 0.3) is 0 Å². The molecule has 0 spiro atoms.